The first kappa shape index (κ1) is 12.2. The number of fused-ring (bicyclic) bond motifs is 2. The highest BCUT2D eigenvalue weighted by Gasteiger charge is 2.23. The lowest BCUT2D eigenvalue weighted by atomic mass is 9.87. The van der Waals surface area contributed by atoms with Gasteiger partial charge < -0.3 is 4.57 Å². The van der Waals surface area contributed by atoms with Gasteiger partial charge in [-0.05, 0) is 42.5 Å². The van der Waals surface area contributed by atoms with Crippen molar-refractivity contribution in [2.75, 3.05) is 0 Å². The molecule has 0 spiro atoms. The third-order valence-electron chi connectivity index (χ3n) is 4.38. The fourth-order valence-electron chi connectivity index (χ4n) is 3.43. The summed E-state index contributed by atoms with van der Waals surface area (Å²) in [7, 11) is 0. The number of rotatable bonds is 1. The molecule has 0 aliphatic heterocycles. The summed E-state index contributed by atoms with van der Waals surface area (Å²) >= 11 is 0. The molecule has 102 valence electrons. The standard InChI is InChI=1S/C18H15N3/c19-11-14-12-21(18-16(14)8-4-10-20-18)17-9-3-6-13-5-1-2-7-15(13)17/h1-2,4-5,7-8,10,12,17H,3,6,9H2. The number of aromatic nitrogens is 2. The van der Waals surface area contributed by atoms with Crippen molar-refractivity contribution < 1.29 is 0 Å². The van der Waals surface area contributed by atoms with E-state index >= 15 is 0 Å². The zero-order valence-electron chi connectivity index (χ0n) is 11.7. The van der Waals surface area contributed by atoms with Gasteiger partial charge in [-0.15, -0.1) is 0 Å². The number of benzene rings is 1. The van der Waals surface area contributed by atoms with Crippen LogP contribution in [0, 0.1) is 11.3 Å². The topological polar surface area (TPSA) is 41.6 Å². The van der Waals surface area contributed by atoms with Gasteiger partial charge in [0.25, 0.3) is 0 Å². The Morgan fingerprint density at radius 1 is 1.19 bits per heavy atom. The van der Waals surface area contributed by atoms with E-state index < -0.39 is 0 Å². The highest BCUT2D eigenvalue weighted by molar-refractivity contribution is 5.83. The van der Waals surface area contributed by atoms with Crippen LogP contribution in [0.4, 0.5) is 0 Å². The Morgan fingerprint density at radius 3 is 3.00 bits per heavy atom. The van der Waals surface area contributed by atoms with Gasteiger partial charge in [0.2, 0.25) is 0 Å². The van der Waals surface area contributed by atoms with Crippen molar-refractivity contribution in [2.45, 2.75) is 25.3 Å². The third kappa shape index (κ3) is 1.84. The van der Waals surface area contributed by atoms with Crippen LogP contribution in [0.3, 0.4) is 0 Å². The number of pyridine rings is 1. The number of aryl methyl sites for hydroxylation is 1. The van der Waals surface area contributed by atoms with Gasteiger partial charge in [-0.25, -0.2) is 4.98 Å². The Labute approximate surface area is 123 Å². The molecule has 0 radical (unpaired) electrons. The first-order valence-electron chi connectivity index (χ1n) is 7.32. The second-order valence-electron chi connectivity index (χ2n) is 5.54. The molecule has 0 saturated heterocycles. The molecule has 1 aliphatic rings. The largest absolute Gasteiger partial charge is 0.324 e. The number of hydrogen-bond donors (Lipinski definition) is 0. The van der Waals surface area contributed by atoms with Crippen molar-refractivity contribution in [1.82, 2.24) is 9.55 Å². The van der Waals surface area contributed by atoms with Gasteiger partial charge in [-0.1, -0.05) is 24.3 Å². The Morgan fingerprint density at radius 2 is 2.10 bits per heavy atom. The molecule has 1 aromatic carbocycles. The summed E-state index contributed by atoms with van der Waals surface area (Å²) in [4.78, 5) is 4.51. The fourth-order valence-corrected chi connectivity index (χ4v) is 3.43. The van der Waals surface area contributed by atoms with Gasteiger partial charge in [0, 0.05) is 17.8 Å². The van der Waals surface area contributed by atoms with E-state index in [1.807, 2.05) is 18.3 Å². The van der Waals surface area contributed by atoms with E-state index in [1.165, 1.54) is 17.5 Å². The molecule has 0 fully saturated rings. The summed E-state index contributed by atoms with van der Waals surface area (Å²) in [6, 6.07) is 15.1. The zero-order chi connectivity index (χ0) is 14.2. The molecule has 3 aromatic rings. The predicted molar refractivity (Wildman–Crippen MR) is 82.0 cm³/mol. The highest BCUT2D eigenvalue weighted by Crippen LogP contribution is 2.35. The second-order valence-corrected chi connectivity index (χ2v) is 5.54. The summed E-state index contributed by atoms with van der Waals surface area (Å²) < 4.78 is 2.19. The second kappa shape index (κ2) is 4.75. The van der Waals surface area contributed by atoms with Crippen LogP contribution in [0.15, 0.2) is 48.8 Å². The average molecular weight is 273 g/mol. The Hall–Kier alpha value is -2.60. The molecule has 0 saturated carbocycles. The quantitative estimate of drug-likeness (QED) is 0.676. The Balaban J connectivity index is 1.95. The van der Waals surface area contributed by atoms with E-state index in [1.54, 1.807) is 6.20 Å². The maximum atomic E-state index is 9.35. The fraction of sp³-hybridized carbons (Fsp3) is 0.222. The molecule has 4 rings (SSSR count). The van der Waals surface area contributed by atoms with Gasteiger partial charge >= 0.3 is 0 Å². The van der Waals surface area contributed by atoms with E-state index in [0.717, 1.165) is 23.9 Å². The normalized spacial score (nSPS) is 17.4. The maximum Gasteiger partial charge on any atom is 0.141 e. The molecular formula is C18H15N3. The van der Waals surface area contributed by atoms with Crippen LogP contribution in [0.2, 0.25) is 0 Å². The lowest BCUT2D eigenvalue weighted by Crippen LogP contribution is -2.16. The van der Waals surface area contributed by atoms with Crippen molar-refractivity contribution in [1.29, 1.82) is 5.26 Å². The van der Waals surface area contributed by atoms with Crippen LogP contribution in [0.25, 0.3) is 11.0 Å². The minimum absolute atomic E-state index is 0.287. The van der Waals surface area contributed by atoms with E-state index in [4.69, 9.17) is 0 Å². The molecule has 2 aromatic heterocycles. The number of nitriles is 1. The van der Waals surface area contributed by atoms with E-state index in [2.05, 4.69) is 39.9 Å². The third-order valence-corrected chi connectivity index (χ3v) is 4.38. The molecule has 0 amide bonds. The molecule has 1 aliphatic carbocycles. The summed E-state index contributed by atoms with van der Waals surface area (Å²) in [6.07, 6.45) is 7.18. The molecule has 0 N–H and O–H groups in total. The van der Waals surface area contributed by atoms with Gasteiger partial charge in [-0.2, -0.15) is 5.26 Å². The van der Waals surface area contributed by atoms with E-state index in [9.17, 15) is 5.26 Å². The van der Waals surface area contributed by atoms with Crippen LogP contribution >= 0.6 is 0 Å². The minimum Gasteiger partial charge on any atom is -0.324 e. The van der Waals surface area contributed by atoms with Gasteiger partial charge in [0.05, 0.1) is 11.6 Å². The molecule has 2 heterocycles. The van der Waals surface area contributed by atoms with Gasteiger partial charge in [-0.3, -0.25) is 0 Å². The van der Waals surface area contributed by atoms with Crippen LogP contribution in [0.1, 0.15) is 35.6 Å². The van der Waals surface area contributed by atoms with Gasteiger partial charge in [0.15, 0.2) is 0 Å². The summed E-state index contributed by atoms with van der Waals surface area (Å²) in [5.74, 6) is 0. The van der Waals surface area contributed by atoms with Crippen molar-refractivity contribution in [3.8, 4) is 6.07 Å². The van der Waals surface area contributed by atoms with Crippen molar-refractivity contribution >= 4 is 11.0 Å². The van der Waals surface area contributed by atoms with Crippen LogP contribution in [-0.4, -0.2) is 9.55 Å². The number of nitrogens with zero attached hydrogens (tertiary/aromatic N) is 3. The first-order chi connectivity index (χ1) is 10.4. The monoisotopic (exact) mass is 273 g/mol. The van der Waals surface area contributed by atoms with Gasteiger partial charge in [0.1, 0.15) is 11.7 Å². The minimum atomic E-state index is 0.287. The first-order valence-corrected chi connectivity index (χ1v) is 7.32. The summed E-state index contributed by atoms with van der Waals surface area (Å²) in [5.41, 5.74) is 4.41. The van der Waals surface area contributed by atoms with Crippen LogP contribution < -0.4 is 0 Å². The van der Waals surface area contributed by atoms with Crippen LogP contribution in [0.5, 0.6) is 0 Å². The van der Waals surface area contributed by atoms with Crippen molar-refractivity contribution in [3.05, 3.63) is 65.5 Å². The van der Waals surface area contributed by atoms with E-state index in [0.29, 0.717) is 5.56 Å². The lowest BCUT2D eigenvalue weighted by molar-refractivity contribution is 0.499. The molecule has 0 bridgehead atoms. The Bertz CT molecular complexity index is 854. The van der Waals surface area contributed by atoms with Crippen molar-refractivity contribution in [3.63, 3.8) is 0 Å². The molecule has 21 heavy (non-hydrogen) atoms. The molecule has 1 atom stereocenters. The summed E-state index contributed by atoms with van der Waals surface area (Å²) in [6.45, 7) is 0. The Kier molecular flexibility index (Phi) is 2.75. The predicted octanol–water partition coefficient (Wildman–Crippen LogP) is 3.83. The summed E-state index contributed by atoms with van der Waals surface area (Å²) in [5, 5.41) is 10.3. The maximum absolute atomic E-state index is 9.35. The smallest absolute Gasteiger partial charge is 0.141 e. The highest BCUT2D eigenvalue weighted by atomic mass is 15.1. The van der Waals surface area contributed by atoms with E-state index in [-0.39, 0.29) is 6.04 Å². The zero-order valence-corrected chi connectivity index (χ0v) is 11.7. The average Bonchev–Trinajstić information content (AvgIpc) is 2.93. The molecule has 1 unspecified atom stereocenters. The molecule has 3 heteroatoms. The number of hydrogen-bond acceptors (Lipinski definition) is 2. The SMILES string of the molecule is N#Cc1cn(C2CCCc3ccccc32)c2ncccc12. The van der Waals surface area contributed by atoms with Crippen LogP contribution in [-0.2, 0) is 6.42 Å². The molecule has 3 nitrogen and oxygen atoms in total. The van der Waals surface area contributed by atoms with Crippen molar-refractivity contribution in [2.24, 2.45) is 0 Å². The lowest BCUT2D eigenvalue weighted by Gasteiger charge is -2.27. The molecular weight excluding hydrogens is 258 g/mol.